The summed E-state index contributed by atoms with van der Waals surface area (Å²) in [7, 11) is -2.93. The van der Waals surface area contributed by atoms with Gasteiger partial charge in [-0.15, -0.1) is 0 Å². The van der Waals surface area contributed by atoms with Crippen molar-refractivity contribution in [3.05, 3.63) is 79.7 Å². The molecular formula is C23H17Br2ClN4O5S2. The molecule has 3 aromatic carbocycles. The van der Waals surface area contributed by atoms with E-state index in [2.05, 4.69) is 50.6 Å². The molecule has 9 nitrogen and oxygen atoms in total. The molecule has 4 aromatic rings. The molecule has 0 bridgehead atoms. The van der Waals surface area contributed by atoms with Gasteiger partial charge in [0.15, 0.2) is 0 Å². The molecule has 0 fully saturated rings. The van der Waals surface area contributed by atoms with Gasteiger partial charge in [0.05, 0.1) is 35.1 Å². The summed E-state index contributed by atoms with van der Waals surface area (Å²) in [6.07, 6.45) is 0.116. The van der Waals surface area contributed by atoms with Crippen molar-refractivity contribution in [1.29, 1.82) is 0 Å². The smallest absolute Gasteiger partial charge is 0.328 e. The molecule has 0 aliphatic carbocycles. The second-order valence-electron chi connectivity index (χ2n) is 7.69. The first-order valence-electron chi connectivity index (χ1n) is 10.5. The molecule has 0 saturated heterocycles. The number of carbonyl (C=O) groups is 2. The summed E-state index contributed by atoms with van der Waals surface area (Å²) in [4.78, 5) is 25.7. The van der Waals surface area contributed by atoms with Crippen molar-refractivity contribution in [2.75, 3.05) is 11.8 Å². The lowest BCUT2D eigenvalue weighted by Crippen LogP contribution is -2.43. The number of halogens is 3. The highest BCUT2D eigenvalue weighted by atomic mass is 79.9. The Balaban J connectivity index is 1.63. The van der Waals surface area contributed by atoms with Crippen LogP contribution in [0, 0.1) is 0 Å². The first kappa shape index (κ1) is 27.5. The molecule has 0 radical (unpaired) electrons. The quantitative estimate of drug-likeness (QED) is 0.244. The Morgan fingerprint density at radius 2 is 1.89 bits per heavy atom. The number of benzene rings is 3. The number of sulfonamides is 1. The number of hydrogen-bond donors (Lipinski definition) is 2. The van der Waals surface area contributed by atoms with Crippen LogP contribution in [0.4, 0.5) is 5.69 Å². The molecule has 1 heterocycles. The molecule has 0 aliphatic rings. The van der Waals surface area contributed by atoms with Crippen LogP contribution in [-0.2, 0) is 26.0 Å². The van der Waals surface area contributed by atoms with Crippen molar-refractivity contribution in [2.24, 2.45) is 0 Å². The second kappa shape index (κ2) is 11.4. The number of methoxy groups -OCH3 is 1. The summed E-state index contributed by atoms with van der Waals surface area (Å²) in [5.74, 6) is -1.34. The van der Waals surface area contributed by atoms with E-state index in [-0.39, 0.29) is 28.1 Å². The van der Waals surface area contributed by atoms with Gasteiger partial charge in [0.2, 0.25) is 0 Å². The summed E-state index contributed by atoms with van der Waals surface area (Å²) in [6.45, 7) is 0. The number of anilines is 1. The van der Waals surface area contributed by atoms with Crippen LogP contribution in [0.15, 0.2) is 68.4 Å². The minimum Gasteiger partial charge on any atom is -0.467 e. The Kier molecular flexibility index (Phi) is 8.49. The highest BCUT2D eigenvalue weighted by Gasteiger charge is 2.26. The third-order valence-electron chi connectivity index (χ3n) is 5.22. The van der Waals surface area contributed by atoms with E-state index in [1.165, 1.54) is 25.3 Å². The van der Waals surface area contributed by atoms with Gasteiger partial charge in [-0.25, -0.2) is 13.2 Å². The van der Waals surface area contributed by atoms with E-state index in [0.29, 0.717) is 25.0 Å². The highest BCUT2D eigenvalue weighted by Crippen LogP contribution is 2.28. The van der Waals surface area contributed by atoms with Gasteiger partial charge in [-0.1, -0.05) is 39.7 Å². The van der Waals surface area contributed by atoms with Crippen LogP contribution >= 0.6 is 55.2 Å². The molecule has 14 heteroatoms. The Morgan fingerprint density at radius 3 is 2.62 bits per heavy atom. The van der Waals surface area contributed by atoms with Crippen molar-refractivity contribution in [3.63, 3.8) is 0 Å². The first-order chi connectivity index (χ1) is 17.6. The van der Waals surface area contributed by atoms with Gasteiger partial charge in [-0.3, -0.25) is 9.52 Å². The third-order valence-corrected chi connectivity index (χ3v) is 8.87. The SMILES string of the molecule is COC(=O)[C@H](Cc1ccc(Cl)c(Br)c1)NC(=O)c1ccc(Br)cc1NS(=O)(=O)c1cccc2nsnc12. The van der Waals surface area contributed by atoms with Gasteiger partial charge >= 0.3 is 5.97 Å². The van der Waals surface area contributed by atoms with Crippen LogP contribution in [0.2, 0.25) is 5.02 Å². The van der Waals surface area contributed by atoms with Crippen molar-refractivity contribution in [2.45, 2.75) is 17.4 Å². The maximum absolute atomic E-state index is 13.3. The predicted octanol–water partition coefficient (Wildman–Crippen LogP) is 5.18. The van der Waals surface area contributed by atoms with Crippen LogP contribution in [-0.4, -0.2) is 42.2 Å². The van der Waals surface area contributed by atoms with E-state index in [4.69, 9.17) is 16.3 Å². The molecule has 0 unspecified atom stereocenters. The molecule has 37 heavy (non-hydrogen) atoms. The van der Waals surface area contributed by atoms with E-state index >= 15 is 0 Å². The second-order valence-corrected chi connectivity index (χ2v) is 12.0. The maximum atomic E-state index is 13.3. The average molecular weight is 689 g/mol. The number of ether oxygens (including phenoxy) is 1. The van der Waals surface area contributed by atoms with E-state index in [1.807, 2.05) is 0 Å². The van der Waals surface area contributed by atoms with Crippen LogP contribution in [0.25, 0.3) is 11.0 Å². The molecule has 0 saturated carbocycles. The minimum absolute atomic E-state index is 0.00143. The first-order valence-corrected chi connectivity index (χ1v) is 14.6. The van der Waals surface area contributed by atoms with Gasteiger partial charge in [-0.2, -0.15) is 8.75 Å². The molecule has 192 valence electrons. The lowest BCUT2D eigenvalue weighted by atomic mass is 10.0. The van der Waals surface area contributed by atoms with Gasteiger partial charge in [0.1, 0.15) is 22.0 Å². The summed E-state index contributed by atoms with van der Waals surface area (Å²) < 4.78 is 43.2. The number of amides is 1. The number of esters is 1. The highest BCUT2D eigenvalue weighted by molar-refractivity contribution is 9.10. The maximum Gasteiger partial charge on any atom is 0.328 e. The fourth-order valence-electron chi connectivity index (χ4n) is 3.47. The van der Waals surface area contributed by atoms with Crippen molar-refractivity contribution in [1.82, 2.24) is 14.1 Å². The van der Waals surface area contributed by atoms with Crippen LogP contribution in [0.1, 0.15) is 15.9 Å². The Morgan fingerprint density at radius 1 is 1.11 bits per heavy atom. The number of nitrogens with one attached hydrogen (secondary N) is 2. The Hall–Kier alpha value is -2.58. The topological polar surface area (TPSA) is 127 Å². The van der Waals surface area contributed by atoms with Gasteiger partial charge in [0, 0.05) is 15.4 Å². The normalized spacial score (nSPS) is 12.2. The lowest BCUT2D eigenvalue weighted by molar-refractivity contribution is -0.142. The zero-order valence-corrected chi connectivity index (χ0v) is 24.4. The molecule has 1 atom stereocenters. The minimum atomic E-state index is -4.15. The molecule has 0 spiro atoms. The van der Waals surface area contributed by atoms with Gasteiger partial charge in [0.25, 0.3) is 15.9 Å². The fourth-order valence-corrected chi connectivity index (χ4v) is 6.21. The van der Waals surface area contributed by atoms with Gasteiger partial charge < -0.3 is 10.1 Å². The molecule has 0 aliphatic heterocycles. The zero-order chi connectivity index (χ0) is 26.7. The number of rotatable bonds is 8. The number of nitrogens with zero attached hydrogens (tertiary/aromatic N) is 2. The Bertz CT molecular complexity index is 1610. The molecule has 2 N–H and O–H groups in total. The lowest BCUT2D eigenvalue weighted by Gasteiger charge is -2.19. The van der Waals surface area contributed by atoms with Crippen LogP contribution in [0.5, 0.6) is 0 Å². The summed E-state index contributed by atoms with van der Waals surface area (Å²) in [5.41, 5.74) is 1.39. The number of aromatic nitrogens is 2. The standard InChI is InChI=1S/C23H17Br2ClN4O5S2/c1-35-23(32)19(10-12-5-8-16(26)15(25)9-12)27-22(31)14-7-6-13(24)11-18(14)30-37(33,34)20-4-2-3-17-21(20)29-36-28-17/h2-9,11,19,30H,10H2,1H3,(H,27,31)/t19-/m0/s1. The average Bonchev–Trinajstić information content (AvgIpc) is 3.34. The summed E-state index contributed by atoms with van der Waals surface area (Å²) >= 11 is 13.6. The van der Waals surface area contributed by atoms with E-state index in [9.17, 15) is 18.0 Å². The summed E-state index contributed by atoms with van der Waals surface area (Å²) in [5, 5.41) is 3.14. The predicted molar refractivity (Wildman–Crippen MR) is 148 cm³/mol. The number of hydrogen-bond acceptors (Lipinski definition) is 8. The van der Waals surface area contributed by atoms with Crippen molar-refractivity contribution < 1.29 is 22.7 Å². The van der Waals surface area contributed by atoms with E-state index in [0.717, 1.165) is 11.7 Å². The van der Waals surface area contributed by atoms with Gasteiger partial charge in [-0.05, 0) is 64.0 Å². The molecular weight excluding hydrogens is 672 g/mol. The fraction of sp³-hybridized carbons (Fsp3) is 0.130. The van der Waals surface area contributed by atoms with Crippen LogP contribution < -0.4 is 10.0 Å². The van der Waals surface area contributed by atoms with E-state index in [1.54, 1.807) is 36.4 Å². The number of carbonyl (C=O) groups excluding carboxylic acids is 2. The largest absolute Gasteiger partial charge is 0.467 e. The van der Waals surface area contributed by atoms with E-state index < -0.39 is 27.9 Å². The molecule has 1 aromatic heterocycles. The zero-order valence-electron chi connectivity index (χ0n) is 18.9. The Labute approximate surface area is 238 Å². The molecule has 4 rings (SSSR count). The molecule has 1 amide bonds. The van der Waals surface area contributed by atoms with Crippen molar-refractivity contribution >= 4 is 93.8 Å². The van der Waals surface area contributed by atoms with Crippen molar-refractivity contribution in [3.8, 4) is 0 Å². The number of fused-ring (bicyclic) bond motifs is 1. The van der Waals surface area contributed by atoms with Crippen LogP contribution in [0.3, 0.4) is 0 Å². The third kappa shape index (κ3) is 6.29. The monoisotopic (exact) mass is 686 g/mol. The summed E-state index contributed by atoms with van der Waals surface area (Å²) in [6, 6.07) is 13.2.